The number of H-pyrrole nitrogens is 1. The molecule has 0 spiro atoms. The molecule has 0 atom stereocenters. The van der Waals surface area contributed by atoms with Crippen LogP contribution in [0.5, 0.6) is 0 Å². The fourth-order valence-electron chi connectivity index (χ4n) is 1.14. The van der Waals surface area contributed by atoms with E-state index < -0.39 is 5.82 Å². The Morgan fingerprint density at radius 2 is 2.31 bits per heavy atom. The molecule has 0 fully saturated rings. The SMILES string of the molecule is C=Cc1cc2nc(Cl)c(F)cc2[nH]1. The molecule has 2 aromatic rings. The minimum atomic E-state index is -0.522. The first-order valence-corrected chi connectivity index (χ1v) is 4.05. The number of rotatable bonds is 1. The van der Waals surface area contributed by atoms with Crippen LogP contribution in [0.4, 0.5) is 4.39 Å². The van der Waals surface area contributed by atoms with Gasteiger partial charge in [0.05, 0.1) is 11.0 Å². The second kappa shape index (κ2) is 2.85. The van der Waals surface area contributed by atoms with Crippen LogP contribution < -0.4 is 0 Å². The molecule has 2 rings (SSSR count). The average molecular weight is 197 g/mol. The number of hydrogen-bond donors (Lipinski definition) is 1. The summed E-state index contributed by atoms with van der Waals surface area (Å²) in [5, 5.41) is -0.109. The van der Waals surface area contributed by atoms with Crippen molar-refractivity contribution in [3.05, 3.63) is 35.4 Å². The Labute approximate surface area is 79.1 Å². The predicted octanol–water partition coefficient (Wildman–Crippen LogP) is 3.00. The smallest absolute Gasteiger partial charge is 0.165 e. The van der Waals surface area contributed by atoms with Crippen LogP contribution in [-0.2, 0) is 0 Å². The van der Waals surface area contributed by atoms with Crippen molar-refractivity contribution in [2.75, 3.05) is 0 Å². The summed E-state index contributed by atoms with van der Waals surface area (Å²) in [7, 11) is 0. The lowest BCUT2D eigenvalue weighted by atomic mass is 10.3. The normalized spacial score (nSPS) is 10.6. The van der Waals surface area contributed by atoms with E-state index in [0.717, 1.165) is 5.69 Å². The Morgan fingerprint density at radius 1 is 1.54 bits per heavy atom. The molecule has 0 saturated carbocycles. The molecule has 0 aliphatic carbocycles. The zero-order valence-electron chi connectivity index (χ0n) is 6.64. The molecule has 13 heavy (non-hydrogen) atoms. The van der Waals surface area contributed by atoms with Crippen LogP contribution >= 0.6 is 11.6 Å². The Hall–Kier alpha value is -1.35. The number of fused-ring (bicyclic) bond motifs is 1. The van der Waals surface area contributed by atoms with Crippen LogP contribution in [0.15, 0.2) is 18.7 Å². The molecular weight excluding hydrogens is 191 g/mol. The summed E-state index contributed by atoms with van der Waals surface area (Å²) in [5.41, 5.74) is 2.06. The van der Waals surface area contributed by atoms with Gasteiger partial charge in [0.15, 0.2) is 11.0 Å². The summed E-state index contributed by atoms with van der Waals surface area (Å²) >= 11 is 5.51. The van der Waals surface area contributed by atoms with Crippen LogP contribution in [0, 0.1) is 5.82 Å². The molecule has 0 aliphatic heterocycles. The number of hydrogen-bond acceptors (Lipinski definition) is 1. The molecule has 0 aromatic carbocycles. The van der Waals surface area contributed by atoms with E-state index in [1.54, 1.807) is 12.1 Å². The molecule has 4 heteroatoms. The fourth-order valence-corrected chi connectivity index (χ4v) is 1.28. The number of halogens is 2. The quantitative estimate of drug-likeness (QED) is 0.698. The Kier molecular flexibility index (Phi) is 1.81. The van der Waals surface area contributed by atoms with Gasteiger partial charge in [-0.15, -0.1) is 0 Å². The molecule has 0 amide bonds. The zero-order chi connectivity index (χ0) is 9.42. The van der Waals surface area contributed by atoms with Gasteiger partial charge in [0, 0.05) is 11.8 Å². The molecule has 2 heterocycles. The van der Waals surface area contributed by atoms with E-state index in [4.69, 9.17) is 11.6 Å². The van der Waals surface area contributed by atoms with Crippen molar-refractivity contribution >= 4 is 28.7 Å². The van der Waals surface area contributed by atoms with Crippen LogP contribution in [0.25, 0.3) is 17.1 Å². The van der Waals surface area contributed by atoms with Gasteiger partial charge in [0.25, 0.3) is 0 Å². The lowest BCUT2D eigenvalue weighted by Gasteiger charge is -1.92. The summed E-state index contributed by atoms with van der Waals surface area (Å²) in [6, 6.07) is 3.07. The van der Waals surface area contributed by atoms with Gasteiger partial charge in [-0.05, 0) is 12.1 Å². The van der Waals surface area contributed by atoms with E-state index >= 15 is 0 Å². The number of aromatic nitrogens is 2. The van der Waals surface area contributed by atoms with E-state index in [0.29, 0.717) is 11.0 Å². The minimum Gasteiger partial charge on any atom is -0.354 e. The number of aromatic amines is 1. The summed E-state index contributed by atoms with van der Waals surface area (Å²) < 4.78 is 12.9. The van der Waals surface area contributed by atoms with Crippen molar-refractivity contribution in [1.29, 1.82) is 0 Å². The second-order valence-corrected chi connectivity index (χ2v) is 2.98. The Balaban J connectivity index is 2.77. The maximum Gasteiger partial charge on any atom is 0.165 e. The molecule has 1 N–H and O–H groups in total. The van der Waals surface area contributed by atoms with Crippen molar-refractivity contribution in [3.63, 3.8) is 0 Å². The number of nitrogens with one attached hydrogen (secondary N) is 1. The maximum absolute atomic E-state index is 12.9. The van der Waals surface area contributed by atoms with Crippen molar-refractivity contribution in [2.45, 2.75) is 0 Å². The lowest BCUT2D eigenvalue weighted by molar-refractivity contribution is 0.624. The molecule has 0 bridgehead atoms. The van der Waals surface area contributed by atoms with Gasteiger partial charge in [0.2, 0.25) is 0 Å². The monoisotopic (exact) mass is 196 g/mol. The average Bonchev–Trinajstić information content (AvgIpc) is 2.48. The van der Waals surface area contributed by atoms with E-state index in [2.05, 4.69) is 16.5 Å². The second-order valence-electron chi connectivity index (χ2n) is 2.62. The number of nitrogens with zero attached hydrogens (tertiary/aromatic N) is 1. The highest BCUT2D eigenvalue weighted by molar-refractivity contribution is 6.29. The lowest BCUT2D eigenvalue weighted by Crippen LogP contribution is -1.82. The van der Waals surface area contributed by atoms with Gasteiger partial charge >= 0.3 is 0 Å². The highest BCUT2D eigenvalue weighted by Crippen LogP contribution is 2.19. The van der Waals surface area contributed by atoms with Crippen LogP contribution in [0.3, 0.4) is 0 Å². The maximum atomic E-state index is 12.9. The first-order chi connectivity index (χ1) is 6.20. The molecule has 66 valence electrons. The van der Waals surface area contributed by atoms with Crippen LogP contribution in [0.1, 0.15) is 5.69 Å². The van der Waals surface area contributed by atoms with Crippen LogP contribution in [0.2, 0.25) is 5.15 Å². The van der Waals surface area contributed by atoms with Gasteiger partial charge in [0.1, 0.15) is 0 Å². The van der Waals surface area contributed by atoms with Crippen LogP contribution in [-0.4, -0.2) is 9.97 Å². The van der Waals surface area contributed by atoms with Crippen molar-refractivity contribution in [3.8, 4) is 0 Å². The summed E-state index contributed by atoms with van der Waals surface area (Å²) in [6.45, 7) is 3.59. The minimum absolute atomic E-state index is 0.109. The van der Waals surface area contributed by atoms with Gasteiger partial charge in [-0.1, -0.05) is 18.2 Å². The highest BCUT2D eigenvalue weighted by Gasteiger charge is 2.05. The van der Waals surface area contributed by atoms with Gasteiger partial charge in [-0.2, -0.15) is 0 Å². The summed E-state index contributed by atoms with van der Waals surface area (Å²) in [5.74, 6) is -0.522. The van der Waals surface area contributed by atoms with Gasteiger partial charge in [-0.25, -0.2) is 9.37 Å². The van der Waals surface area contributed by atoms with Gasteiger partial charge in [-0.3, -0.25) is 0 Å². The largest absolute Gasteiger partial charge is 0.354 e. The Morgan fingerprint density at radius 3 is 3.00 bits per heavy atom. The van der Waals surface area contributed by atoms with E-state index in [-0.39, 0.29) is 5.15 Å². The standard InChI is InChI=1S/C9H6ClFN2/c1-2-5-3-7-8(12-5)4-6(11)9(10)13-7/h2-4,12H,1H2. The van der Waals surface area contributed by atoms with E-state index in [9.17, 15) is 4.39 Å². The fraction of sp³-hybridized carbons (Fsp3) is 0. The van der Waals surface area contributed by atoms with Crippen molar-refractivity contribution in [2.24, 2.45) is 0 Å². The third kappa shape index (κ3) is 1.31. The first-order valence-electron chi connectivity index (χ1n) is 3.68. The molecule has 2 aromatic heterocycles. The molecular formula is C9H6ClFN2. The molecule has 2 nitrogen and oxygen atoms in total. The summed E-state index contributed by atoms with van der Waals surface area (Å²) in [4.78, 5) is 6.79. The Bertz CT molecular complexity index is 437. The molecule has 0 unspecified atom stereocenters. The van der Waals surface area contributed by atoms with E-state index in [1.807, 2.05) is 0 Å². The van der Waals surface area contributed by atoms with Gasteiger partial charge < -0.3 is 4.98 Å². The van der Waals surface area contributed by atoms with E-state index in [1.165, 1.54) is 6.07 Å². The number of pyridine rings is 1. The third-order valence-electron chi connectivity index (χ3n) is 1.75. The molecule has 0 saturated heterocycles. The third-order valence-corrected chi connectivity index (χ3v) is 2.02. The van der Waals surface area contributed by atoms with Crippen molar-refractivity contribution < 1.29 is 4.39 Å². The van der Waals surface area contributed by atoms with Crippen molar-refractivity contribution in [1.82, 2.24) is 9.97 Å². The first kappa shape index (κ1) is 8.26. The zero-order valence-corrected chi connectivity index (χ0v) is 7.40. The molecule has 0 aliphatic rings. The predicted molar refractivity (Wildman–Crippen MR) is 51.2 cm³/mol. The molecule has 0 radical (unpaired) electrons. The topological polar surface area (TPSA) is 28.7 Å². The summed E-state index contributed by atoms with van der Waals surface area (Å²) in [6.07, 6.45) is 1.63. The highest BCUT2D eigenvalue weighted by atomic mass is 35.5.